The predicted octanol–water partition coefficient (Wildman–Crippen LogP) is 3.54. The molecular weight excluding hydrogens is 158 g/mol. The second-order valence-electron chi connectivity index (χ2n) is 2.56. The summed E-state index contributed by atoms with van der Waals surface area (Å²) in [6.07, 6.45) is 2.20. The van der Waals surface area contributed by atoms with Crippen molar-refractivity contribution in [2.45, 2.75) is 33.6 Å². The van der Waals surface area contributed by atoms with E-state index in [0.717, 1.165) is 18.4 Å². The van der Waals surface area contributed by atoms with Crippen LogP contribution in [0.1, 0.15) is 38.3 Å². The molecule has 0 unspecified atom stereocenters. The molecule has 1 aromatic carbocycles. The average Bonchev–Trinajstić information content (AvgIpc) is 2.22. The van der Waals surface area contributed by atoms with Crippen molar-refractivity contribution in [3.05, 3.63) is 35.4 Å². The van der Waals surface area contributed by atoms with Crippen molar-refractivity contribution in [2.24, 2.45) is 0 Å². The number of nitrogens with zero attached hydrogens (tertiary/aromatic N) is 1. The van der Waals surface area contributed by atoms with Crippen LogP contribution in [0.2, 0.25) is 0 Å². The predicted molar refractivity (Wildman–Crippen MR) is 56.5 cm³/mol. The van der Waals surface area contributed by atoms with Gasteiger partial charge in [-0.3, -0.25) is 0 Å². The molecule has 0 N–H and O–H groups in total. The summed E-state index contributed by atoms with van der Waals surface area (Å²) in [5.41, 5.74) is 2.02. The molecule has 0 saturated carbocycles. The highest BCUT2D eigenvalue weighted by molar-refractivity contribution is 5.32. The Morgan fingerprint density at radius 1 is 1.31 bits per heavy atom. The zero-order valence-electron chi connectivity index (χ0n) is 8.67. The van der Waals surface area contributed by atoms with Crippen LogP contribution in [0.3, 0.4) is 0 Å². The van der Waals surface area contributed by atoms with Gasteiger partial charge < -0.3 is 0 Å². The highest BCUT2D eigenvalue weighted by atomic mass is 14.2. The van der Waals surface area contributed by atoms with E-state index in [1.807, 2.05) is 32.0 Å². The molecule has 1 rings (SSSR count). The summed E-state index contributed by atoms with van der Waals surface area (Å²) in [6, 6.07) is 9.90. The Labute approximate surface area is 81.0 Å². The number of rotatable bonds is 2. The quantitative estimate of drug-likeness (QED) is 0.674. The summed E-state index contributed by atoms with van der Waals surface area (Å²) < 4.78 is 0. The fourth-order valence-corrected chi connectivity index (χ4v) is 1.09. The zero-order chi connectivity index (χ0) is 10.1. The SMILES string of the molecule is CC.CCCc1cccc(C#N)c1. The number of nitriles is 1. The topological polar surface area (TPSA) is 23.8 Å². The summed E-state index contributed by atoms with van der Waals surface area (Å²) in [5, 5.41) is 8.58. The third kappa shape index (κ3) is 4.32. The summed E-state index contributed by atoms with van der Waals surface area (Å²) in [4.78, 5) is 0. The van der Waals surface area contributed by atoms with Crippen LogP contribution < -0.4 is 0 Å². The maximum Gasteiger partial charge on any atom is 0.0991 e. The highest BCUT2D eigenvalue weighted by Gasteiger charge is 1.92. The minimum Gasteiger partial charge on any atom is -0.192 e. The molecule has 0 atom stereocenters. The van der Waals surface area contributed by atoms with Crippen LogP contribution in [0.5, 0.6) is 0 Å². The maximum atomic E-state index is 8.58. The molecule has 0 fully saturated rings. The van der Waals surface area contributed by atoms with Crippen LogP contribution >= 0.6 is 0 Å². The molecule has 0 radical (unpaired) electrons. The van der Waals surface area contributed by atoms with Crippen molar-refractivity contribution in [2.75, 3.05) is 0 Å². The monoisotopic (exact) mass is 175 g/mol. The Kier molecular flexibility index (Phi) is 6.63. The highest BCUT2D eigenvalue weighted by Crippen LogP contribution is 2.05. The Morgan fingerprint density at radius 2 is 2.00 bits per heavy atom. The molecular formula is C12H17N. The van der Waals surface area contributed by atoms with Crippen LogP contribution in [0.4, 0.5) is 0 Å². The lowest BCUT2D eigenvalue weighted by Gasteiger charge is -1.96. The lowest BCUT2D eigenvalue weighted by atomic mass is 10.1. The van der Waals surface area contributed by atoms with Gasteiger partial charge in [-0.15, -0.1) is 0 Å². The molecule has 0 heterocycles. The Morgan fingerprint density at radius 3 is 2.54 bits per heavy atom. The smallest absolute Gasteiger partial charge is 0.0991 e. The summed E-state index contributed by atoms with van der Waals surface area (Å²) in [5.74, 6) is 0. The molecule has 0 aliphatic rings. The second kappa shape index (κ2) is 7.36. The van der Waals surface area contributed by atoms with Gasteiger partial charge in [0.25, 0.3) is 0 Å². The average molecular weight is 175 g/mol. The molecule has 0 amide bonds. The molecule has 1 nitrogen and oxygen atoms in total. The molecule has 0 bridgehead atoms. The van der Waals surface area contributed by atoms with Gasteiger partial charge in [0.05, 0.1) is 11.6 Å². The van der Waals surface area contributed by atoms with Gasteiger partial charge >= 0.3 is 0 Å². The first-order valence-corrected chi connectivity index (χ1v) is 4.86. The van der Waals surface area contributed by atoms with Crippen LogP contribution in [-0.2, 0) is 6.42 Å². The van der Waals surface area contributed by atoms with E-state index >= 15 is 0 Å². The van der Waals surface area contributed by atoms with Crippen LogP contribution in [0.15, 0.2) is 24.3 Å². The van der Waals surface area contributed by atoms with Crippen LogP contribution in [0, 0.1) is 11.3 Å². The lowest BCUT2D eigenvalue weighted by molar-refractivity contribution is 0.921. The second-order valence-corrected chi connectivity index (χ2v) is 2.56. The van der Waals surface area contributed by atoms with E-state index < -0.39 is 0 Å². The molecule has 0 aliphatic carbocycles. The van der Waals surface area contributed by atoms with Crippen LogP contribution in [-0.4, -0.2) is 0 Å². The van der Waals surface area contributed by atoms with Gasteiger partial charge in [0, 0.05) is 0 Å². The normalized spacial score (nSPS) is 8.15. The van der Waals surface area contributed by atoms with E-state index in [9.17, 15) is 0 Å². The van der Waals surface area contributed by atoms with Crippen molar-refractivity contribution in [3.63, 3.8) is 0 Å². The van der Waals surface area contributed by atoms with Gasteiger partial charge in [-0.25, -0.2) is 0 Å². The minimum absolute atomic E-state index is 0.760. The summed E-state index contributed by atoms with van der Waals surface area (Å²) in [6.45, 7) is 6.14. The van der Waals surface area contributed by atoms with Gasteiger partial charge in [-0.05, 0) is 24.1 Å². The first-order valence-electron chi connectivity index (χ1n) is 4.86. The molecule has 70 valence electrons. The molecule has 0 spiro atoms. The van der Waals surface area contributed by atoms with E-state index in [2.05, 4.69) is 19.1 Å². The van der Waals surface area contributed by atoms with Crippen molar-refractivity contribution in [1.82, 2.24) is 0 Å². The van der Waals surface area contributed by atoms with Gasteiger partial charge in [-0.2, -0.15) is 5.26 Å². The molecule has 0 aromatic heterocycles. The van der Waals surface area contributed by atoms with Gasteiger partial charge in [-0.1, -0.05) is 39.3 Å². The largest absolute Gasteiger partial charge is 0.192 e. The van der Waals surface area contributed by atoms with Crippen molar-refractivity contribution in [1.29, 1.82) is 5.26 Å². The van der Waals surface area contributed by atoms with Crippen LogP contribution in [0.25, 0.3) is 0 Å². The molecule has 1 aromatic rings. The van der Waals surface area contributed by atoms with Gasteiger partial charge in [0.2, 0.25) is 0 Å². The number of benzene rings is 1. The lowest BCUT2D eigenvalue weighted by Crippen LogP contribution is -1.83. The first kappa shape index (κ1) is 11.7. The zero-order valence-corrected chi connectivity index (χ0v) is 8.67. The van der Waals surface area contributed by atoms with E-state index in [0.29, 0.717) is 0 Å². The van der Waals surface area contributed by atoms with Gasteiger partial charge in [0.15, 0.2) is 0 Å². The third-order valence-corrected chi connectivity index (χ3v) is 1.59. The van der Waals surface area contributed by atoms with E-state index in [1.165, 1.54) is 5.56 Å². The first-order chi connectivity index (χ1) is 6.36. The summed E-state index contributed by atoms with van der Waals surface area (Å²) in [7, 11) is 0. The molecule has 0 saturated heterocycles. The standard InChI is InChI=1S/C10H11N.C2H6/c1-2-4-9-5-3-6-10(7-9)8-11;1-2/h3,5-7H,2,4H2,1H3;1-2H3. The molecule has 1 heteroatoms. The third-order valence-electron chi connectivity index (χ3n) is 1.59. The van der Waals surface area contributed by atoms with E-state index in [1.54, 1.807) is 0 Å². The van der Waals surface area contributed by atoms with Crippen molar-refractivity contribution < 1.29 is 0 Å². The Hall–Kier alpha value is -1.29. The Bertz CT molecular complexity index is 271. The summed E-state index contributed by atoms with van der Waals surface area (Å²) >= 11 is 0. The number of hydrogen-bond acceptors (Lipinski definition) is 1. The fourth-order valence-electron chi connectivity index (χ4n) is 1.09. The molecule has 0 aliphatic heterocycles. The number of hydrogen-bond donors (Lipinski definition) is 0. The fraction of sp³-hybridized carbons (Fsp3) is 0.417. The van der Waals surface area contributed by atoms with E-state index in [4.69, 9.17) is 5.26 Å². The maximum absolute atomic E-state index is 8.58. The van der Waals surface area contributed by atoms with Crippen molar-refractivity contribution >= 4 is 0 Å². The van der Waals surface area contributed by atoms with E-state index in [-0.39, 0.29) is 0 Å². The Balaban J connectivity index is 0.000000671. The minimum atomic E-state index is 0.760. The molecule has 13 heavy (non-hydrogen) atoms. The van der Waals surface area contributed by atoms with Gasteiger partial charge in [0.1, 0.15) is 0 Å². The van der Waals surface area contributed by atoms with Crippen molar-refractivity contribution in [3.8, 4) is 6.07 Å². The number of aryl methyl sites for hydroxylation is 1.